The van der Waals surface area contributed by atoms with Gasteiger partial charge in [-0.2, -0.15) is 5.10 Å². The number of carbonyl (C=O) groups excluding carboxylic acids is 1. The van der Waals surface area contributed by atoms with Gasteiger partial charge in [0.05, 0.1) is 40.5 Å². The molecule has 3 heterocycles. The van der Waals surface area contributed by atoms with E-state index >= 15 is 0 Å². The van der Waals surface area contributed by atoms with E-state index in [0.717, 1.165) is 58.6 Å². The molecular weight excluding hydrogens is 412 g/mol. The highest BCUT2D eigenvalue weighted by Crippen LogP contribution is 2.29. The van der Waals surface area contributed by atoms with Gasteiger partial charge in [-0.1, -0.05) is 29.3 Å². The van der Waals surface area contributed by atoms with E-state index in [9.17, 15) is 4.79 Å². The Labute approximate surface area is 193 Å². The van der Waals surface area contributed by atoms with E-state index in [2.05, 4.69) is 41.6 Å². The third kappa shape index (κ3) is 4.26. The molecule has 1 unspecified atom stereocenters. The lowest BCUT2D eigenvalue weighted by Gasteiger charge is -2.13. The highest BCUT2D eigenvalue weighted by Gasteiger charge is 2.20. The average molecular weight is 441 g/mol. The standard InChI is InChI=1S/C27H28N4O2/c1-17-6-9-20(10-7-17)31-19(3)24(16-29-31)26-14-23(22-13-18(2)8-11-25(22)30-26)27(32)28-15-21-5-4-12-33-21/h6-11,13-14,16,21H,4-5,12,15H2,1-3H3,(H,28,32). The monoisotopic (exact) mass is 440 g/mol. The number of amides is 1. The molecule has 168 valence electrons. The zero-order valence-electron chi connectivity index (χ0n) is 19.3. The summed E-state index contributed by atoms with van der Waals surface area (Å²) in [7, 11) is 0. The summed E-state index contributed by atoms with van der Waals surface area (Å²) >= 11 is 0. The van der Waals surface area contributed by atoms with Gasteiger partial charge < -0.3 is 10.1 Å². The van der Waals surface area contributed by atoms with Gasteiger partial charge in [0, 0.05) is 24.1 Å². The number of aryl methyl sites for hydroxylation is 2. The number of carbonyl (C=O) groups is 1. The number of nitrogens with zero attached hydrogens (tertiary/aromatic N) is 3. The Morgan fingerprint density at radius 3 is 2.64 bits per heavy atom. The van der Waals surface area contributed by atoms with Crippen molar-refractivity contribution in [2.75, 3.05) is 13.2 Å². The number of benzene rings is 2. The minimum Gasteiger partial charge on any atom is -0.376 e. The summed E-state index contributed by atoms with van der Waals surface area (Å²) in [5, 5.41) is 8.53. The lowest BCUT2D eigenvalue weighted by atomic mass is 10.0. The molecule has 1 aliphatic rings. The second kappa shape index (κ2) is 8.79. The Bertz CT molecular complexity index is 1320. The van der Waals surface area contributed by atoms with E-state index in [1.54, 1.807) is 0 Å². The van der Waals surface area contributed by atoms with Crippen molar-refractivity contribution in [2.45, 2.75) is 39.7 Å². The molecule has 0 saturated carbocycles. The summed E-state index contributed by atoms with van der Waals surface area (Å²) in [6, 6.07) is 16.2. The summed E-state index contributed by atoms with van der Waals surface area (Å²) in [6.07, 6.45) is 3.95. The maximum absolute atomic E-state index is 13.2. The van der Waals surface area contributed by atoms with Gasteiger partial charge in [0.15, 0.2) is 0 Å². The molecule has 6 heteroatoms. The fraction of sp³-hybridized carbons (Fsp3) is 0.296. The van der Waals surface area contributed by atoms with E-state index in [1.165, 1.54) is 5.56 Å². The van der Waals surface area contributed by atoms with Crippen molar-refractivity contribution in [1.29, 1.82) is 0 Å². The number of hydrogen-bond acceptors (Lipinski definition) is 4. The third-order valence-electron chi connectivity index (χ3n) is 6.29. The van der Waals surface area contributed by atoms with E-state index in [1.807, 2.05) is 49.0 Å². The first-order valence-corrected chi connectivity index (χ1v) is 11.4. The molecule has 2 aromatic carbocycles. The molecular formula is C27H28N4O2. The number of nitrogens with one attached hydrogen (secondary N) is 1. The predicted octanol–water partition coefficient (Wildman–Crippen LogP) is 4.92. The minimum atomic E-state index is -0.103. The first kappa shape index (κ1) is 21.3. The zero-order chi connectivity index (χ0) is 22.9. The molecule has 0 bridgehead atoms. The molecule has 5 rings (SSSR count). The van der Waals surface area contributed by atoms with E-state index in [4.69, 9.17) is 9.72 Å². The molecule has 6 nitrogen and oxygen atoms in total. The van der Waals surface area contributed by atoms with Gasteiger partial charge in [-0.05, 0) is 63.9 Å². The minimum absolute atomic E-state index is 0.0956. The normalized spacial score (nSPS) is 15.8. The van der Waals surface area contributed by atoms with Crippen LogP contribution < -0.4 is 5.32 Å². The van der Waals surface area contributed by atoms with Crippen molar-refractivity contribution < 1.29 is 9.53 Å². The lowest BCUT2D eigenvalue weighted by molar-refractivity contribution is 0.0859. The maximum Gasteiger partial charge on any atom is 0.252 e. The summed E-state index contributed by atoms with van der Waals surface area (Å²) in [4.78, 5) is 18.1. The number of pyridine rings is 1. The van der Waals surface area contributed by atoms with Crippen LogP contribution in [0.5, 0.6) is 0 Å². The number of hydrogen-bond donors (Lipinski definition) is 1. The molecule has 1 aliphatic heterocycles. The van der Waals surface area contributed by atoms with Gasteiger partial charge in [0.2, 0.25) is 0 Å². The largest absolute Gasteiger partial charge is 0.376 e. The third-order valence-corrected chi connectivity index (χ3v) is 6.29. The molecule has 0 radical (unpaired) electrons. The Hall–Kier alpha value is -3.51. The number of fused-ring (bicyclic) bond motifs is 1. The van der Waals surface area contributed by atoms with Crippen LogP contribution in [0.4, 0.5) is 0 Å². The average Bonchev–Trinajstić information content (AvgIpc) is 3.47. The van der Waals surface area contributed by atoms with E-state index in [-0.39, 0.29) is 12.0 Å². The molecule has 1 atom stereocenters. The van der Waals surface area contributed by atoms with Crippen molar-refractivity contribution in [3.63, 3.8) is 0 Å². The molecule has 2 aromatic heterocycles. The van der Waals surface area contributed by atoms with Crippen LogP contribution >= 0.6 is 0 Å². The van der Waals surface area contributed by atoms with Gasteiger partial charge in [-0.3, -0.25) is 4.79 Å². The highest BCUT2D eigenvalue weighted by atomic mass is 16.5. The zero-order valence-corrected chi connectivity index (χ0v) is 19.3. The Morgan fingerprint density at radius 1 is 1.09 bits per heavy atom. The maximum atomic E-state index is 13.2. The second-order valence-electron chi connectivity index (χ2n) is 8.81. The van der Waals surface area contributed by atoms with Gasteiger partial charge >= 0.3 is 0 Å². The topological polar surface area (TPSA) is 69.0 Å². The molecule has 1 saturated heterocycles. The van der Waals surface area contributed by atoms with Crippen molar-refractivity contribution in [2.24, 2.45) is 0 Å². The number of rotatable bonds is 5. The lowest BCUT2D eigenvalue weighted by Crippen LogP contribution is -2.32. The van der Waals surface area contributed by atoms with Crippen LogP contribution in [0.15, 0.2) is 54.7 Å². The Kier molecular flexibility index (Phi) is 5.68. The van der Waals surface area contributed by atoms with Crippen LogP contribution in [0, 0.1) is 20.8 Å². The van der Waals surface area contributed by atoms with Crippen LogP contribution in [0.3, 0.4) is 0 Å². The van der Waals surface area contributed by atoms with E-state index < -0.39 is 0 Å². The fourth-order valence-electron chi connectivity index (χ4n) is 4.38. The van der Waals surface area contributed by atoms with Crippen molar-refractivity contribution >= 4 is 16.8 Å². The van der Waals surface area contributed by atoms with Crippen LogP contribution in [0.1, 0.15) is 40.0 Å². The fourth-order valence-corrected chi connectivity index (χ4v) is 4.38. The van der Waals surface area contributed by atoms with Crippen LogP contribution in [0.2, 0.25) is 0 Å². The molecule has 33 heavy (non-hydrogen) atoms. The van der Waals surface area contributed by atoms with Crippen molar-refractivity contribution in [3.8, 4) is 16.9 Å². The van der Waals surface area contributed by atoms with Crippen LogP contribution in [0.25, 0.3) is 27.8 Å². The quantitative estimate of drug-likeness (QED) is 0.478. The van der Waals surface area contributed by atoms with Crippen LogP contribution in [-0.2, 0) is 4.74 Å². The van der Waals surface area contributed by atoms with Crippen LogP contribution in [-0.4, -0.2) is 39.9 Å². The molecule has 0 spiro atoms. The van der Waals surface area contributed by atoms with Crippen molar-refractivity contribution in [3.05, 3.63) is 77.1 Å². The molecule has 0 aliphatic carbocycles. The number of aromatic nitrogens is 3. The summed E-state index contributed by atoms with van der Waals surface area (Å²) in [6.45, 7) is 7.41. The molecule has 1 N–H and O–H groups in total. The first-order chi connectivity index (χ1) is 16.0. The molecule has 4 aromatic rings. The summed E-state index contributed by atoms with van der Waals surface area (Å²) in [5.74, 6) is -0.103. The van der Waals surface area contributed by atoms with Crippen molar-refractivity contribution in [1.82, 2.24) is 20.1 Å². The van der Waals surface area contributed by atoms with Gasteiger partial charge in [0.1, 0.15) is 0 Å². The second-order valence-corrected chi connectivity index (χ2v) is 8.81. The smallest absolute Gasteiger partial charge is 0.252 e. The van der Waals surface area contributed by atoms with E-state index in [0.29, 0.717) is 12.1 Å². The Morgan fingerprint density at radius 2 is 1.88 bits per heavy atom. The predicted molar refractivity (Wildman–Crippen MR) is 130 cm³/mol. The Balaban J connectivity index is 1.54. The first-order valence-electron chi connectivity index (χ1n) is 11.4. The molecule has 1 amide bonds. The summed E-state index contributed by atoms with van der Waals surface area (Å²) in [5.41, 5.74) is 7.33. The van der Waals surface area contributed by atoms with Gasteiger partial charge in [-0.15, -0.1) is 0 Å². The van der Waals surface area contributed by atoms with Gasteiger partial charge in [0.25, 0.3) is 5.91 Å². The van der Waals surface area contributed by atoms with Gasteiger partial charge in [-0.25, -0.2) is 9.67 Å². The summed E-state index contributed by atoms with van der Waals surface area (Å²) < 4.78 is 7.58. The number of ether oxygens (including phenoxy) is 1. The molecule has 1 fully saturated rings. The SMILES string of the molecule is Cc1ccc(-n2ncc(-c3cc(C(=O)NCC4CCCO4)c4cc(C)ccc4n3)c2C)cc1. The highest BCUT2D eigenvalue weighted by molar-refractivity contribution is 6.07.